The molecule has 0 amide bonds. The maximum absolute atomic E-state index is 3.55. The summed E-state index contributed by atoms with van der Waals surface area (Å²) in [4.78, 5) is 1.46. The molecular weight excluding hydrogens is 256 g/mol. The lowest BCUT2D eigenvalue weighted by atomic mass is 9.80. The van der Waals surface area contributed by atoms with Gasteiger partial charge in [-0.3, -0.25) is 0 Å². The summed E-state index contributed by atoms with van der Waals surface area (Å²) in [6.45, 7) is 7.00. The fourth-order valence-electron chi connectivity index (χ4n) is 2.22. The molecule has 1 unspecified atom stereocenters. The molecule has 1 aliphatic rings. The highest BCUT2D eigenvalue weighted by Gasteiger charge is 2.31. The minimum atomic E-state index is 0.323. The number of benzene rings is 1. The summed E-state index contributed by atoms with van der Waals surface area (Å²) < 4.78 is 1.19. The zero-order valence-corrected chi connectivity index (χ0v) is 11.2. The average Bonchev–Trinajstić information content (AvgIpc) is 2.05. The Bertz CT molecular complexity index is 357. The van der Waals surface area contributed by atoms with Crippen LogP contribution in [0.25, 0.3) is 0 Å². The van der Waals surface area contributed by atoms with Crippen molar-refractivity contribution in [3.05, 3.63) is 28.2 Å². The van der Waals surface area contributed by atoms with Crippen molar-refractivity contribution in [2.75, 3.05) is 0 Å². The second kappa shape index (κ2) is 3.57. The molecule has 1 heterocycles. The van der Waals surface area contributed by atoms with E-state index in [1.807, 2.05) is 11.8 Å². The Morgan fingerprint density at radius 2 is 2.14 bits per heavy atom. The summed E-state index contributed by atoms with van der Waals surface area (Å²) in [6.07, 6.45) is 1.27. The van der Waals surface area contributed by atoms with Gasteiger partial charge in [-0.15, -0.1) is 11.8 Å². The van der Waals surface area contributed by atoms with Gasteiger partial charge >= 0.3 is 0 Å². The highest BCUT2D eigenvalue weighted by atomic mass is 79.9. The van der Waals surface area contributed by atoms with Crippen molar-refractivity contribution in [1.82, 2.24) is 0 Å². The number of rotatable bonds is 0. The van der Waals surface area contributed by atoms with Crippen LogP contribution in [0.1, 0.15) is 32.8 Å². The average molecular weight is 271 g/mol. The fourth-order valence-corrected chi connectivity index (χ4v) is 4.12. The zero-order valence-electron chi connectivity index (χ0n) is 8.80. The summed E-state index contributed by atoms with van der Waals surface area (Å²) in [6, 6.07) is 6.65. The molecule has 0 saturated carbocycles. The molecule has 14 heavy (non-hydrogen) atoms. The van der Waals surface area contributed by atoms with E-state index in [2.05, 4.69) is 54.9 Å². The molecular formula is C12H15BrS. The molecule has 0 bridgehead atoms. The van der Waals surface area contributed by atoms with Crippen molar-refractivity contribution >= 4 is 27.7 Å². The Morgan fingerprint density at radius 1 is 1.43 bits per heavy atom. The molecule has 76 valence electrons. The lowest BCUT2D eigenvalue weighted by Crippen LogP contribution is -2.26. The van der Waals surface area contributed by atoms with Gasteiger partial charge in [0.15, 0.2) is 0 Å². The van der Waals surface area contributed by atoms with E-state index in [4.69, 9.17) is 0 Å². The molecule has 2 rings (SSSR count). The molecule has 0 radical (unpaired) electrons. The third-order valence-corrected chi connectivity index (χ3v) is 4.47. The van der Waals surface area contributed by atoms with Crippen molar-refractivity contribution in [3.63, 3.8) is 0 Å². The Balaban J connectivity index is 2.53. The van der Waals surface area contributed by atoms with E-state index >= 15 is 0 Å². The van der Waals surface area contributed by atoms with Crippen molar-refractivity contribution in [2.24, 2.45) is 0 Å². The molecule has 1 aromatic carbocycles. The van der Waals surface area contributed by atoms with Crippen LogP contribution in [0.3, 0.4) is 0 Å². The van der Waals surface area contributed by atoms with Crippen molar-refractivity contribution in [2.45, 2.75) is 42.8 Å². The normalized spacial score (nSPS) is 24.4. The van der Waals surface area contributed by atoms with E-state index in [9.17, 15) is 0 Å². The van der Waals surface area contributed by atoms with Crippen LogP contribution in [0.4, 0.5) is 0 Å². The maximum atomic E-state index is 3.55. The van der Waals surface area contributed by atoms with E-state index < -0.39 is 0 Å². The molecule has 1 atom stereocenters. The van der Waals surface area contributed by atoms with Crippen LogP contribution in [0.2, 0.25) is 0 Å². The predicted octanol–water partition coefficient (Wildman–Crippen LogP) is 4.61. The van der Waals surface area contributed by atoms with Crippen molar-refractivity contribution < 1.29 is 0 Å². The van der Waals surface area contributed by atoms with Gasteiger partial charge in [0.1, 0.15) is 0 Å². The summed E-state index contributed by atoms with van der Waals surface area (Å²) >= 11 is 5.55. The van der Waals surface area contributed by atoms with Crippen LogP contribution in [0, 0.1) is 0 Å². The second-order valence-corrected chi connectivity index (χ2v) is 7.05. The fraction of sp³-hybridized carbons (Fsp3) is 0.500. The van der Waals surface area contributed by atoms with Crippen molar-refractivity contribution in [1.29, 1.82) is 0 Å². The lowest BCUT2D eigenvalue weighted by Gasteiger charge is -2.35. The van der Waals surface area contributed by atoms with Crippen LogP contribution in [-0.2, 0) is 5.41 Å². The Hall–Kier alpha value is 0.0500. The van der Waals surface area contributed by atoms with E-state index in [1.54, 1.807) is 0 Å². The van der Waals surface area contributed by atoms with Gasteiger partial charge in [0.25, 0.3) is 0 Å². The van der Waals surface area contributed by atoms with Gasteiger partial charge in [-0.25, -0.2) is 0 Å². The molecule has 0 aliphatic carbocycles. The third-order valence-electron chi connectivity index (χ3n) is 2.80. The number of hydrogen-bond donors (Lipinski definition) is 0. The molecule has 0 aromatic heterocycles. The second-order valence-electron chi connectivity index (χ2n) is 4.66. The lowest BCUT2D eigenvalue weighted by molar-refractivity contribution is 0.462. The Kier molecular flexibility index (Phi) is 2.69. The van der Waals surface area contributed by atoms with Gasteiger partial charge in [0.05, 0.1) is 0 Å². The van der Waals surface area contributed by atoms with Gasteiger partial charge in [0, 0.05) is 14.6 Å². The van der Waals surface area contributed by atoms with Gasteiger partial charge in [-0.05, 0) is 35.6 Å². The standard InChI is InChI=1S/C12H15BrS/c1-8-7-12(2,3)10-6-9(13)4-5-11(10)14-8/h4-6,8H,7H2,1-3H3. The topological polar surface area (TPSA) is 0 Å². The van der Waals surface area contributed by atoms with E-state index in [0.717, 1.165) is 5.25 Å². The van der Waals surface area contributed by atoms with Gasteiger partial charge < -0.3 is 0 Å². The first-order valence-corrected chi connectivity index (χ1v) is 6.63. The van der Waals surface area contributed by atoms with E-state index in [1.165, 1.54) is 21.4 Å². The molecule has 0 saturated heterocycles. The number of thioether (sulfide) groups is 1. The minimum Gasteiger partial charge on any atom is -0.123 e. The molecule has 1 aliphatic heterocycles. The summed E-state index contributed by atoms with van der Waals surface area (Å²) in [7, 11) is 0. The van der Waals surface area contributed by atoms with Crippen LogP contribution >= 0.6 is 27.7 Å². The summed E-state index contributed by atoms with van der Waals surface area (Å²) in [5.41, 5.74) is 1.82. The Labute approximate surface area is 98.6 Å². The first-order valence-electron chi connectivity index (χ1n) is 4.96. The van der Waals surface area contributed by atoms with Gasteiger partial charge in [0.2, 0.25) is 0 Å². The van der Waals surface area contributed by atoms with Crippen molar-refractivity contribution in [3.8, 4) is 0 Å². The third kappa shape index (κ3) is 1.87. The van der Waals surface area contributed by atoms with Crippen LogP contribution in [0.5, 0.6) is 0 Å². The molecule has 0 fully saturated rings. The first kappa shape index (κ1) is 10.6. The minimum absolute atomic E-state index is 0.323. The highest BCUT2D eigenvalue weighted by molar-refractivity contribution is 9.10. The highest BCUT2D eigenvalue weighted by Crippen LogP contribution is 2.45. The quantitative estimate of drug-likeness (QED) is 0.664. The number of halogens is 1. The van der Waals surface area contributed by atoms with E-state index in [0.29, 0.717) is 5.41 Å². The Morgan fingerprint density at radius 3 is 2.86 bits per heavy atom. The van der Waals surface area contributed by atoms with Gasteiger partial charge in [-0.2, -0.15) is 0 Å². The summed E-state index contributed by atoms with van der Waals surface area (Å²) in [5, 5.41) is 0.735. The predicted molar refractivity (Wildman–Crippen MR) is 67.1 cm³/mol. The number of fused-ring (bicyclic) bond motifs is 1. The first-order chi connectivity index (χ1) is 6.49. The molecule has 1 aromatic rings. The van der Waals surface area contributed by atoms with Crippen LogP contribution in [0.15, 0.2) is 27.6 Å². The van der Waals surface area contributed by atoms with E-state index in [-0.39, 0.29) is 0 Å². The largest absolute Gasteiger partial charge is 0.123 e. The SMILES string of the molecule is CC1CC(C)(C)c2cc(Br)ccc2S1. The summed E-state index contributed by atoms with van der Waals surface area (Å²) in [5.74, 6) is 0. The van der Waals surface area contributed by atoms with Crippen LogP contribution < -0.4 is 0 Å². The number of hydrogen-bond acceptors (Lipinski definition) is 1. The molecule has 2 heteroatoms. The molecule has 0 nitrogen and oxygen atoms in total. The maximum Gasteiger partial charge on any atom is 0.0179 e. The molecule has 0 spiro atoms. The van der Waals surface area contributed by atoms with Gasteiger partial charge in [-0.1, -0.05) is 36.7 Å². The smallest absolute Gasteiger partial charge is 0.0179 e. The monoisotopic (exact) mass is 270 g/mol. The molecule has 0 N–H and O–H groups in total. The zero-order chi connectivity index (χ0) is 10.3. The van der Waals surface area contributed by atoms with Crippen LogP contribution in [-0.4, -0.2) is 5.25 Å².